The molecule has 0 saturated heterocycles. The van der Waals surface area contributed by atoms with Crippen LogP contribution in [0.25, 0.3) is 22.1 Å². The third-order valence-corrected chi connectivity index (χ3v) is 3.32. The van der Waals surface area contributed by atoms with E-state index in [0.29, 0.717) is 5.56 Å². The Labute approximate surface area is 124 Å². The molecule has 1 aromatic heterocycles. The molecule has 2 aromatic carbocycles. The average Bonchev–Trinajstić information content (AvgIpc) is 2.47. The van der Waals surface area contributed by atoms with Crippen LogP contribution >= 0.6 is 0 Å². The van der Waals surface area contributed by atoms with Crippen LogP contribution in [0.15, 0.2) is 45.6 Å². The minimum atomic E-state index is -0.590. The highest BCUT2D eigenvalue weighted by molar-refractivity contribution is 5.85. The van der Waals surface area contributed by atoms with Gasteiger partial charge in [0, 0.05) is 6.07 Å². The molecular weight excluding hydrogens is 288 g/mol. The van der Waals surface area contributed by atoms with E-state index >= 15 is 0 Å². The summed E-state index contributed by atoms with van der Waals surface area (Å²) in [6.45, 7) is 0. The first-order valence-corrected chi connectivity index (χ1v) is 6.37. The predicted molar refractivity (Wildman–Crippen MR) is 79.5 cm³/mol. The standard InChI is InChI=1S/C16H12O6/c1-21-12-5-2-8(6-11(12)18)14-15(19)10-4-3-9(17)7-13(10)22-16(14)20/h2-7,17-18,20H,1H3. The molecule has 3 aromatic rings. The van der Waals surface area contributed by atoms with Gasteiger partial charge in [0.2, 0.25) is 5.43 Å². The summed E-state index contributed by atoms with van der Waals surface area (Å²) in [5, 5.41) is 29.4. The first-order valence-electron chi connectivity index (χ1n) is 6.37. The van der Waals surface area contributed by atoms with Crippen molar-refractivity contribution in [2.75, 3.05) is 7.11 Å². The van der Waals surface area contributed by atoms with Crippen molar-refractivity contribution in [3.63, 3.8) is 0 Å². The van der Waals surface area contributed by atoms with Crippen LogP contribution in [-0.4, -0.2) is 22.4 Å². The van der Waals surface area contributed by atoms with E-state index < -0.39 is 11.4 Å². The lowest BCUT2D eigenvalue weighted by molar-refractivity contribution is 0.341. The maximum absolute atomic E-state index is 12.5. The topological polar surface area (TPSA) is 100 Å². The Morgan fingerprint density at radius 3 is 2.50 bits per heavy atom. The van der Waals surface area contributed by atoms with Crippen LogP contribution in [0, 0.1) is 0 Å². The van der Waals surface area contributed by atoms with E-state index in [1.807, 2.05) is 0 Å². The van der Waals surface area contributed by atoms with Gasteiger partial charge in [-0.1, -0.05) is 6.07 Å². The van der Waals surface area contributed by atoms with E-state index in [9.17, 15) is 20.1 Å². The van der Waals surface area contributed by atoms with Gasteiger partial charge >= 0.3 is 0 Å². The second kappa shape index (κ2) is 5.00. The number of aromatic hydroxyl groups is 3. The Bertz CT molecular complexity index is 926. The van der Waals surface area contributed by atoms with Crippen molar-refractivity contribution in [3.8, 4) is 34.3 Å². The summed E-state index contributed by atoms with van der Waals surface area (Å²) in [6.07, 6.45) is 0. The molecule has 0 amide bonds. The van der Waals surface area contributed by atoms with Gasteiger partial charge in [-0.2, -0.15) is 0 Å². The van der Waals surface area contributed by atoms with Crippen LogP contribution in [0.2, 0.25) is 0 Å². The number of phenols is 2. The van der Waals surface area contributed by atoms with Gasteiger partial charge < -0.3 is 24.5 Å². The Morgan fingerprint density at radius 1 is 1.05 bits per heavy atom. The minimum absolute atomic E-state index is 0.0730. The lowest BCUT2D eigenvalue weighted by Crippen LogP contribution is -2.05. The number of rotatable bonds is 2. The summed E-state index contributed by atoms with van der Waals surface area (Å²) in [5.74, 6) is -0.583. The summed E-state index contributed by atoms with van der Waals surface area (Å²) in [7, 11) is 1.41. The zero-order chi connectivity index (χ0) is 15.9. The zero-order valence-corrected chi connectivity index (χ0v) is 11.5. The largest absolute Gasteiger partial charge is 0.508 e. The molecule has 22 heavy (non-hydrogen) atoms. The van der Waals surface area contributed by atoms with Crippen molar-refractivity contribution in [1.29, 1.82) is 0 Å². The van der Waals surface area contributed by atoms with E-state index in [1.165, 1.54) is 43.5 Å². The van der Waals surface area contributed by atoms with Gasteiger partial charge in [0.05, 0.1) is 12.5 Å². The van der Waals surface area contributed by atoms with Crippen molar-refractivity contribution in [2.24, 2.45) is 0 Å². The third kappa shape index (κ3) is 2.10. The molecular formula is C16H12O6. The molecule has 0 atom stereocenters. The Balaban J connectivity index is 2.29. The molecule has 0 aliphatic rings. The summed E-state index contributed by atoms with van der Waals surface area (Å²) in [6, 6.07) is 8.30. The highest BCUT2D eigenvalue weighted by Crippen LogP contribution is 2.35. The quantitative estimate of drug-likeness (QED) is 0.672. The second-order valence-electron chi connectivity index (χ2n) is 4.68. The van der Waals surface area contributed by atoms with E-state index in [-0.39, 0.29) is 33.8 Å². The SMILES string of the molecule is COc1ccc(-c2c(O)oc3cc(O)ccc3c2=O)cc1O. The smallest absolute Gasteiger partial charge is 0.294 e. The maximum atomic E-state index is 12.5. The molecule has 0 radical (unpaired) electrons. The van der Waals surface area contributed by atoms with Gasteiger partial charge in [-0.05, 0) is 29.8 Å². The van der Waals surface area contributed by atoms with Crippen molar-refractivity contribution in [2.45, 2.75) is 0 Å². The number of methoxy groups -OCH3 is 1. The monoisotopic (exact) mass is 300 g/mol. The van der Waals surface area contributed by atoms with Crippen LogP contribution in [0.4, 0.5) is 0 Å². The van der Waals surface area contributed by atoms with Gasteiger partial charge in [-0.15, -0.1) is 0 Å². The van der Waals surface area contributed by atoms with Crippen LogP contribution in [0.3, 0.4) is 0 Å². The summed E-state index contributed by atoms with van der Waals surface area (Å²) in [5.41, 5.74) is -0.178. The van der Waals surface area contributed by atoms with Crippen molar-refractivity contribution >= 4 is 11.0 Å². The van der Waals surface area contributed by atoms with Gasteiger partial charge in [-0.3, -0.25) is 4.79 Å². The number of benzene rings is 2. The molecule has 112 valence electrons. The molecule has 0 bridgehead atoms. The molecule has 3 N–H and O–H groups in total. The number of ether oxygens (including phenoxy) is 1. The lowest BCUT2D eigenvalue weighted by atomic mass is 10.0. The molecule has 6 heteroatoms. The average molecular weight is 300 g/mol. The summed E-state index contributed by atoms with van der Waals surface area (Å²) >= 11 is 0. The van der Waals surface area contributed by atoms with Crippen molar-refractivity contribution in [3.05, 3.63) is 46.6 Å². The highest BCUT2D eigenvalue weighted by atomic mass is 16.5. The molecule has 0 saturated carbocycles. The fourth-order valence-corrected chi connectivity index (χ4v) is 2.27. The number of hydrogen-bond acceptors (Lipinski definition) is 6. The number of hydrogen-bond donors (Lipinski definition) is 3. The molecule has 1 heterocycles. The normalized spacial score (nSPS) is 10.8. The van der Waals surface area contributed by atoms with Crippen molar-refractivity contribution in [1.82, 2.24) is 0 Å². The van der Waals surface area contributed by atoms with Gasteiger partial charge in [-0.25, -0.2) is 0 Å². The molecule has 0 unspecified atom stereocenters. The summed E-state index contributed by atoms with van der Waals surface area (Å²) in [4.78, 5) is 12.5. The zero-order valence-electron chi connectivity index (χ0n) is 11.5. The highest BCUT2D eigenvalue weighted by Gasteiger charge is 2.17. The van der Waals surface area contributed by atoms with Crippen LogP contribution in [-0.2, 0) is 0 Å². The third-order valence-electron chi connectivity index (χ3n) is 3.32. The van der Waals surface area contributed by atoms with E-state index in [2.05, 4.69) is 0 Å². The van der Waals surface area contributed by atoms with E-state index in [1.54, 1.807) is 0 Å². The van der Waals surface area contributed by atoms with Gasteiger partial charge in [0.15, 0.2) is 11.5 Å². The number of phenolic OH excluding ortho intramolecular Hbond substituents is 2. The maximum Gasteiger partial charge on any atom is 0.294 e. The number of fused-ring (bicyclic) bond motifs is 1. The van der Waals surface area contributed by atoms with Gasteiger partial charge in [0.25, 0.3) is 5.95 Å². The van der Waals surface area contributed by atoms with Crippen LogP contribution < -0.4 is 10.2 Å². The Hall–Kier alpha value is -3.15. The van der Waals surface area contributed by atoms with Crippen LogP contribution in [0.1, 0.15) is 0 Å². The minimum Gasteiger partial charge on any atom is -0.508 e. The molecule has 6 nitrogen and oxygen atoms in total. The fraction of sp³-hybridized carbons (Fsp3) is 0.0625. The molecule has 0 fully saturated rings. The molecule has 0 aliphatic carbocycles. The molecule has 0 aliphatic heterocycles. The van der Waals surface area contributed by atoms with Crippen LogP contribution in [0.5, 0.6) is 23.2 Å². The van der Waals surface area contributed by atoms with E-state index in [4.69, 9.17) is 9.15 Å². The second-order valence-corrected chi connectivity index (χ2v) is 4.68. The van der Waals surface area contributed by atoms with Gasteiger partial charge in [0.1, 0.15) is 16.9 Å². The fourth-order valence-electron chi connectivity index (χ4n) is 2.27. The first kappa shape index (κ1) is 13.8. The summed E-state index contributed by atoms with van der Waals surface area (Å²) < 4.78 is 10.1. The van der Waals surface area contributed by atoms with Crippen molar-refractivity contribution < 1.29 is 24.5 Å². The van der Waals surface area contributed by atoms with E-state index in [0.717, 1.165) is 0 Å². The predicted octanol–water partition coefficient (Wildman–Crippen LogP) is 2.59. The Morgan fingerprint density at radius 2 is 1.82 bits per heavy atom. The first-order chi connectivity index (χ1) is 10.5. The lowest BCUT2D eigenvalue weighted by Gasteiger charge is -2.08. The molecule has 3 rings (SSSR count). The molecule has 0 spiro atoms. The Kier molecular flexibility index (Phi) is 3.14.